The third kappa shape index (κ3) is 5.23. The van der Waals surface area contributed by atoms with E-state index in [1.54, 1.807) is 31.4 Å². The number of amides is 3. The summed E-state index contributed by atoms with van der Waals surface area (Å²) in [7, 11) is 1.56. The number of nitrogens with two attached hydrogens (primary N) is 1. The van der Waals surface area contributed by atoms with Crippen LogP contribution in [0.2, 0.25) is 0 Å². The van der Waals surface area contributed by atoms with Gasteiger partial charge in [0.15, 0.2) is 0 Å². The molecule has 21 heavy (non-hydrogen) atoms. The van der Waals surface area contributed by atoms with Crippen LogP contribution in [-0.4, -0.2) is 43.3 Å². The molecule has 1 aromatic carbocycles. The summed E-state index contributed by atoms with van der Waals surface area (Å²) in [5, 5.41) is 2.47. The molecule has 0 aliphatic rings. The lowest BCUT2D eigenvalue weighted by Crippen LogP contribution is -2.42. The van der Waals surface area contributed by atoms with Crippen LogP contribution in [0.4, 0.5) is 0 Å². The van der Waals surface area contributed by atoms with Crippen molar-refractivity contribution in [1.29, 1.82) is 0 Å². The Kier molecular flexibility index (Phi) is 6.90. The smallest absolute Gasteiger partial charge is 0.318 e. The second kappa shape index (κ2) is 8.70. The van der Waals surface area contributed by atoms with Crippen LogP contribution in [0.25, 0.3) is 0 Å². The molecular formula is C14H19N3O4. The molecule has 3 N–H and O–H groups in total. The normalized spacial score (nSPS) is 9.81. The minimum atomic E-state index is -0.882. The standard InChI is InChI=1S/C14H19N3O4/c1-21-12-5-3-11(4-6-12)9-16-13(19)14(20)17(10-18)8-2-7-15/h3-6,10H,2,7-9,15H2,1H3,(H,16,19). The van der Waals surface area contributed by atoms with Crippen molar-refractivity contribution in [3.63, 3.8) is 0 Å². The van der Waals surface area contributed by atoms with Crippen LogP contribution in [0, 0.1) is 0 Å². The van der Waals surface area contributed by atoms with Crippen molar-refractivity contribution in [2.24, 2.45) is 5.73 Å². The highest BCUT2D eigenvalue weighted by molar-refractivity contribution is 6.36. The maximum Gasteiger partial charge on any atom is 0.318 e. The molecule has 114 valence electrons. The van der Waals surface area contributed by atoms with Crippen molar-refractivity contribution in [2.75, 3.05) is 20.2 Å². The Hall–Kier alpha value is -2.41. The fourth-order valence-electron chi connectivity index (χ4n) is 1.60. The van der Waals surface area contributed by atoms with E-state index in [4.69, 9.17) is 10.5 Å². The summed E-state index contributed by atoms with van der Waals surface area (Å²) in [6.07, 6.45) is 0.793. The average Bonchev–Trinajstić information content (AvgIpc) is 2.53. The number of nitrogens with zero attached hydrogens (tertiary/aromatic N) is 1. The molecule has 0 saturated heterocycles. The van der Waals surface area contributed by atoms with E-state index < -0.39 is 11.8 Å². The number of ether oxygens (including phenoxy) is 1. The van der Waals surface area contributed by atoms with Gasteiger partial charge in [-0.25, -0.2) is 0 Å². The highest BCUT2D eigenvalue weighted by Crippen LogP contribution is 2.10. The van der Waals surface area contributed by atoms with Gasteiger partial charge in [-0.2, -0.15) is 0 Å². The Labute approximate surface area is 123 Å². The number of carbonyl (C=O) groups excluding carboxylic acids is 3. The number of nitrogens with one attached hydrogen (secondary N) is 1. The minimum Gasteiger partial charge on any atom is -0.497 e. The summed E-state index contributed by atoms with van der Waals surface area (Å²) in [4.78, 5) is 35.0. The Bertz CT molecular complexity index is 487. The molecule has 7 nitrogen and oxygen atoms in total. The summed E-state index contributed by atoms with van der Waals surface area (Å²) < 4.78 is 5.02. The van der Waals surface area contributed by atoms with Crippen LogP contribution < -0.4 is 15.8 Å². The zero-order valence-electron chi connectivity index (χ0n) is 11.9. The number of carbonyl (C=O) groups is 3. The van der Waals surface area contributed by atoms with E-state index >= 15 is 0 Å². The fraction of sp³-hybridized carbons (Fsp3) is 0.357. The number of imide groups is 1. The number of benzene rings is 1. The first kappa shape index (κ1) is 16.6. The molecule has 1 aromatic rings. The zero-order chi connectivity index (χ0) is 15.7. The van der Waals surface area contributed by atoms with E-state index in [-0.39, 0.29) is 13.1 Å². The van der Waals surface area contributed by atoms with Crippen LogP contribution >= 0.6 is 0 Å². The van der Waals surface area contributed by atoms with Crippen molar-refractivity contribution < 1.29 is 19.1 Å². The molecule has 0 spiro atoms. The molecular weight excluding hydrogens is 274 g/mol. The minimum absolute atomic E-state index is 0.134. The molecule has 0 heterocycles. The Morgan fingerprint density at radius 3 is 2.52 bits per heavy atom. The van der Waals surface area contributed by atoms with Gasteiger partial charge in [0.2, 0.25) is 6.41 Å². The van der Waals surface area contributed by atoms with Gasteiger partial charge in [-0.15, -0.1) is 0 Å². The molecule has 0 fully saturated rings. The molecule has 0 unspecified atom stereocenters. The van der Waals surface area contributed by atoms with Gasteiger partial charge in [-0.05, 0) is 30.7 Å². The van der Waals surface area contributed by atoms with Gasteiger partial charge < -0.3 is 15.8 Å². The maximum absolute atomic E-state index is 11.7. The third-order valence-electron chi connectivity index (χ3n) is 2.80. The average molecular weight is 293 g/mol. The molecule has 7 heteroatoms. The highest BCUT2D eigenvalue weighted by Gasteiger charge is 2.20. The van der Waals surface area contributed by atoms with E-state index in [1.807, 2.05) is 0 Å². The van der Waals surface area contributed by atoms with Gasteiger partial charge in [0.1, 0.15) is 5.75 Å². The molecule has 0 bridgehead atoms. The largest absolute Gasteiger partial charge is 0.497 e. The van der Waals surface area contributed by atoms with Crippen molar-refractivity contribution >= 4 is 18.2 Å². The van der Waals surface area contributed by atoms with Gasteiger partial charge in [-0.1, -0.05) is 12.1 Å². The van der Waals surface area contributed by atoms with Crippen molar-refractivity contribution in [3.05, 3.63) is 29.8 Å². The lowest BCUT2D eigenvalue weighted by atomic mass is 10.2. The quantitative estimate of drug-likeness (QED) is 0.528. The maximum atomic E-state index is 11.7. The number of methoxy groups -OCH3 is 1. The van der Waals surface area contributed by atoms with E-state index in [9.17, 15) is 14.4 Å². The number of hydrogen-bond acceptors (Lipinski definition) is 5. The summed E-state index contributed by atoms with van der Waals surface area (Å²) in [5.41, 5.74) is 6.12. The van der Waals surface area contributed by atoms with Crippen LogP contribution in [0.5, 0.6) is 5.75 Å². The molecule has 0 aliphatic heterocycles. The lowest BCUT2D eigenvalue weighted by molar-refractivity contribution is -0.148. The summed E-state index contributed by atoms with van der Waals surface area (Å²) in [6, 6.07) is 7.05. The van der Waals surface area contributed by atoms with Crippen LogP contribution in [0.1, 0.15) is 12.0 Å². The molecule has 1 rings (SSSR count). The molecule has 0 radical (unpaired) electrons. The van der Waals surface area contributed by atoms with E-state index in [0.29, 0.717) is 25.1 Å². The van der Waals surface area contributed by atoms with Gasteiger partial charge in [0.25, 0.3) is 0 Å². The molecule has 0 atom stereocenters. The predicted octanol–water partition coefficient (Wildman–Crippen LogP) is -0.355. The monoisotopic (exact) mass is 293 g/mol. The number of hydrogen-bond donors (Lipinski definition) is 2. The lowest BCUT2D eigenvalue weighted by Gasteiger charge is -2.14. The molecule has 3 amide bonds. The van der Waals surface area contributed by atoms with Gasteiger partial charge in [0, 0.05) is 13.1 Å². The third-order valence-corrected chi connectivity index (χ3v) is 2.80. The van der Waals surface area contributed by atoms with Crippen molar-refractivity contribution in [2.45, 2.75) is 13.0 Å². The SMILES string of the molecule is COc1ccc(CNC(=O)C(=O)N(C=O)CCCN)cc1. The van der Waals surface area contributed by atoms with Gasteiger partial charge >= 0.3 is 11.8 Å². The van der Waals surface area contributed by atoms with E-state index in [1.165, 1.54) is 0 Å². The van der Waals surface area contributed by atoms with Crippen molar-refractivity contribution in [3.8, 4) is 5.75 Å². The topological polar surface area (TPSA) is 102 Å². The highest BCUT2D eigenvalue weighted by atomic mass is 16.5. The Balaban J connectivity index is 2.51. The van der Waals surface area contributed by atoms with Crippen LogP contribution in [-0.2, 0) is 20.9 Å². The van der Waals surface area contributed by atoms with Crippen LogP contribution in [0.15, 0.2) is 24.3 Å². The molecule has 0 aliphatic carbocycles. The summed E-state index contributed by atoms with van der Waals surface area (Å²) >= 11 is 0. The first-order valence-corrected chi connectivity index (χ1v) is 6.49. The van der Waals surface area contributed by atoms with E-state index in [0.717, 1.165) is 10.5 Å². The summed E-state index contributed by atoms with van der Waals surface area (Å²) in [5.74, 6) is -1.00. The molecule has 0 saturated carbocycles. The Morgan fingerprint density at radius 2 is 2.00 bits per heavy atom. The zero-order valence-corrected chi connectivity index (χ0v) is 11.9. The van der Waals surface area contributed by atoms with Gasteiger partial charge in [-0.3, -0.25) is 19.3 Å². The second-order valence-electron chi connectivity index (χ2n) is 4.28. The first-order chi connectivity index (χ1) is 10.1. The van der Waals surface area contributed by atoms with Crippen LogP contribution in [0.3, 0.4) is 0 Å². The number of rotatable bonds is 7. The fourth-order valence-corrected chi connectivity index (χ4v) is 1.60. The van der Waals surface area contributed by atoms with Gasteiger partial charge in [0.05, 0.1) is 7.11 Å². The van der Waals surface area contributed by atoms with Crippen molar-refractivity contribution in [1.82, 2.24) is 10.2 Å². The molecule has 0 aromatic heterocycles. The predicted molar refractivity (Wildman–Crippen MR) is 76.3 cm³/mol. The first-order valence-electron chi connectivity index (χ1n) is 6.49. The summed E-state index contributed by atoms with van der Waals surface area (Å²) in [6.45, 7) is 0.665. The van der Waals surface area contributed by atoms with E-state index in [2.05, 4.69) is 5.32 Å². The Morgan fingerprint density at radius 1 is 1.33 bits per heavy atom. The second-order valence-corrected chi connectivity index (χ2v) is 4.28.